The molecule has 0 fully saturated rings. The minimum absolute atomic E-state index is 0.0787. The Kier molecular flexibility index (Phi) is 3.50. The average Bonchev–Trinajstić information content (AvgIpc) is 2.15. The van der Waals surface area contributed by atoms with Crippen molar-refractivity contribution in [3.8, 4) is 11.8 Å². The lowest BCUT2D eigenvalue weighted by atomic mass is 10.0. The summed E-state index contributed by atoms with van der Waals surface area (Å²) in [6.07, 6.45) is 0. The zero-order valence-corrected chi connectivity index (χ0v) is 9.58. The van der Waals surface area contributed by atoms with Crippen LogP contribution in [0.15, 0.2) is 18.2 Å². The standard InChI is InChI=1S/C10H10FNO3S/c1-7(2)9-5-8(6-12)3-4-10(9)15-16(11,13)14/h3-5,7H,1-2H3. The highest BCUT2D eigenvalue weighted by atomic mass is 32.3. The molecule has 86 valence electrons. The molecule has 0 aromatic heterocycles. The van der Waals surface area contributed by atoms with Gasteiger partial charge in [-0.05, 0) is 29.7 Å². The summed E-state index contributed by atoms with van der Waals surface area (Å²) >= 11 is 0. The van der Waals surface area contributed by atoms with Gasteiger partial charge in [0, 0.05) is 0 Å². The Labute approximate surface area is 93.7 Å². The first-order valence-electron chi connectivity index (χ1n) is 4.51. The molecule has 0 aliphatic carbocycles. The van der Waals surface area contributed by atoms with Crippen molar-refractivity contribution in [2.24, 2.45) is 0 Å². The summed E-state index contributed by atoms with van der Waals surface area (Å²) in [5.74, 6) is -0.165. The maximum absolute atomic E-state index is 12.4. The van der Waals surface area contributed by atoms with E-state index >= 15 is 0 Å². The highest BCUT2D eigenvalue weighted by molar-refractivity contribution is 7.81. The van der Waals surface area contributed by atoms with Crippen molar-refractivity contribution < 1.29 is 16.5 Å². The third-order valence-corrected chi connectivity index (χ3v) is 2.33. The van der Waals surface area contributed by atoms with Crippen molar-refractivity contribution in [2.45, 2.75) is 19.8 Å². The second-order valence-corrected chi connectivity index (χ2v) is 4.45. The van der Waals surface area contributed by atoms with E-state index in [4.69, 9.17) is 5.26 Å². The molecular weight excluding hydrogens is 233 g/mol. The molecule has 0 N–H and O–H groups in total. The van der Waals surface area contributed by atoms with E-state index < -0.39 is 10.5 Å². The molecule has 6 heteroatoms. The Bertz CT molecular complexity index is 531. The molecule has 0 aliphatic heterocycles. The van der Waals surface area contributed by atoms with Crippen LogP contribution in [0.1, 0.15) is 30.9 Å². The first kappa shape index (κ1) is 12.5. The van der Waals surface area contributed by atoms with Gasteiger partial charge in [-0.25, -0.2) is 0 Å². The molecule has 0 atom stereocenters. The van der Waals surface area contributed by atoms with Gasteiger partial charge in [0.25, 0.3) is 0 Å². The Morgan fingerprint density at radius 1 is 1.44 bits per heavy atom. The molecule has 0 unspecified atom stereocenters. The summed E-state index contributed by atoms with van der Waals surface area (Å²) in [5, 5.41) is 8.68. The van der Waals surface area contributed by atoms with Crippen molar-refractivity contribution in [1.82, 2.24) is 0 Å². The lowest BCUT2D eigenvalue weighted by Gasteiger charge is -2.11. The highest BCUT2D eigenvalue weighted by Crippen LogP contribution is 2.28. The van der Waals surface area contributed by atoms with Crippen molar-refractivity contribution in [2.75, 3.05) is 0 Å². The molecule has 0 saturated carbocycles. The largest absolute Gasteiger partial charge is 0.488 e. The van der Waals surface area contributed by atoms with Gasteiger partial charge >= 0.3 is 10.5 Å². The smallest absolute Gasteiger partial charge is 0.358 e. The van der Waals surface area contributed by atoms with Gasteiger partial charge in [-0.1, -0.05) is 17.7 Å². The minimum Gasteiger partial charge on any atom is -0.358 e. The summed E-state index contributed by atoms with van der Waals surface area (Å²) in [6, 6.07) is 6.03. The van der Waals surface area contributed by atoms with Crippen molar-refractivity contribution >= 4 is 10.5 Å². The molecule has 0 radical (unpaired) electrons. The van der Waals surface area contributed by atoms with E-state index in [9.17, 15) is 12.3 Å². The molecule has 1 aromatic carbocycles. The molecule has 0 aliphatic rings. The summed E-state index contributed by atoms with van der Waals surface area (Å²) < 4.78 is 37.3. The predicted octanol–water partition coefficient (Wildman–Crippen LogP) is 2.27. The van der Waals surface area contributed by atoms with Crippen LogP contribution in [-0.2, 0) is 10.5 Å². The summed E-state index contributed by atoms with van der Waals surface area (Å²) in [4.78, 5) is 0. The van der Waals surface area contributed by atoms with Crippen LogP contribution in [0.2, 0.25) is 0 Å². The second kappa shape index (κ2) is 4.49. The lowest BCUT2D eigenvalue weighted by molar-refractivity contribution is 0.436. The van der Waals surface area contributed by atoms with Gasteiger partial charge in [-0.15, -0.1) is 0 Å². The van der Waals surface area contributed by atoms with Gasteiger partial charge in [0.1, 0.15) is 5.75 Å². The molecule has 0 amide bonds. The number of hydrogen-bond donors (Lipinski definition) is 0. The molecule has 16 heavy (non-hydrogen) atoms. The fourth-order valence-corrected chi connectivity index (χ4v) is 1.62. The molecule has 1 rings (SSSR count). The molecule has 0 spiro atoms. The Balaban J connectivity index is 3.25. The van der Waals surface area contributed by atoms with E-state index in [0.29, 0.717) is 11.1 Å². The van der Waals surface area contributed by atoms with Crippen molar-refractivity contribution in [1.29, 1.82) is 5.26 Å². The average molecular weight is 243 g/mol. The second-order valence-electron chi connectivity index (χ2n) is 3.50. The maximum atomic E-state index is 12.4. The van der Waals surface area contributed by atoms with Crippen LogP contribution in [0.3, 0.4) is 0 Å². The van der Waals surface area contributed by atoms with Crippen LogP contribution < -0.4 is 4.18 Å². The van der Waals surface area contributed by atoms with Gasteiger partial charge in [-0.2, -0.15) is 13.7 Å². The number of halogens is 1. The number of nitrogens with zero attached hydrogens (tertiary/aromatic N) is 1. The van der Waals surface area contributed by atoms with E-state index in [2.05, 4.69) is 4.18 Å². The zero-order chi connectivity index (χ0) is 12.3. The molecular formula is C10H10FNO3S. The normalized spacial score (nSPS) is 11.2. The molecule has 0 saturated heterocycles. The monoisotopic (exact) mass is 243 g/mol. The van der Waals surface area contributed by atoms with E-state index in [1.54, 1.807) is 13.8 Å². The van der Waals surface area contributed by atoms with Crippen molar-refractivity contribution in [3.05, 3.63) is 29.3 Å². The zero-order valence-electron chi connectivity index (χ0n) is 8.77. The number of hydrogen-bond acceptors (Lipinski definition) is 4. The van der Waals surface area contributed by atoms with Gasteiger partial charge < -0.3 is 4.18 Å². The Morgan fingerprint density at radius 3 is 2.50 bits per heavy atom. The maximum Gasteiger partial charge on any atom is 0.488 e. The van der Waals surface area contributed by atoms with Crippen LogP contribution in [0, 0.1) is 11.3 Å². The molecule has 0 bridgehead atoms. The first-order valence-corrected chi connectivity index (χ1v) is 5.82. The van der Waals surface area contributed by atoms with Crippen LogP contribution in [-0.4, -0.2) is 8.42 Å². The topological polar surface area (TPSA) is 67.2 Å². The fraction of sp³-hybridized carbons (Fsp3) is 0.300. The van der Waals surface area contributed by atoms with E-state index in [-0.39, 0.29) is 11.7 Å². The van der Waals surface area contributed by atoms with E-state index in [1.807, 2.05) is 6.07 Å². The molecule has 0 heterocycles. The van der Waals surface area contributed by atoms with Gasteiger partial charge in [-0.3, -0.25) is 0 Å². The Morgan fingerprint density at radius 2 is 2.06 bits per heavy atom. The van der Waals surface area contributed by atoms with Gasteiger partial charge in [0.05, 0.1) is 11.6 Å². The van der Waals surface area contributed by atoms with Gasteiger partial charge in [0.15, 0.2) is 0 Å². The summed E-state index contributed by atoms with van der Waals surface area (Å²) in [7, 11) is -5.04. The predicted molar refractivity (Wildman–Crippen MR) is 55.9 cm³/mol. The number of benzene rings is 1. The molecule has 4 nitrogen and oxygen atoms in total. The summed E-state index contributed by atoms with van der Waals surface area (Å²) in [6.45, 7) is 3.57. The Hall–Kier alpha value is -1.61. The van der Waals surface area contributed by atoms with Crippen LogP contribution in [0.4, 0.5) is 3.89 Å². The number of nitriles is 1. The number of rotatable bonds is 3. The fourth-order valence-electron chi connectivity index (χ4n) is 1.25. The van der Waals surface area contributed by atoms with E-state index in [1.165, 1.54) is 18.2 Å². The van der Waals surface area contributed by atoms with Gasteiger partial charge in [0.2, 0.25) is 0 Å². The quantitative estimate of drug-likeness (QED) is 0.764. The third-order valence-electron chi connectivity index (χ3n) is 1.95. The molecule has 1 aromatic rings. The summed E-state index contributed by atoms with van der Waals surface area (Å²) in [5.41, 5.74) is 0.840. The van der Waals surface area contributed by atoms with E-state index in [0.717, 1.165) is 0 Å². The van der Waals surface area contributed by atoms with Crippen molar-refractivity contribution in [3.63, 3.8) is 0 Å². The first-order chi connectivity index (χ1) is 7.33. The highest BCUT2D eigenvalue weighted by Gasteiger charge is 2.15. The third kappa shape index (κ3) is 3.21. The minimum atomic E-state index is -5.04. The van der Waals surface area contributed by atoms with Crippen LogP contribution in [0.25, 0.3) is 0 Å². The van der Waals surface area contributed by atoms with Crippen LogP contribution in [0.5, 0.6) is 5.75 Å². The lowest BCUT2D eigenvalue weighted by Crippen LogP contribution is -2.04. The SMILES string of the molecule is CC(C)c1cc(C#N)ccc1OS(=O)(=O)F. The van der Waals surface area contributed by atoms with Crippen LogP contribution >= 0.6 is 0 Å².